The quantitative estimate of drug-likeness (QED) is 0.320. The van der Waals surface area contributed by atoms with E-state index in [-0.39, 0.29) is 34.7 Å². The third-order valence-electron chi connectivity index (χ3n) is 9.71. The molecule has 0 radical (unpaired) electrons. The highest BCUT2D eigenvalue weighted by molar-refractivity contribution is 14.1. The lowest BCUT2D eigenvalue weighted by Gasteiger charge is -2.64. The Balaban J connectivity index is 1.58. The summed E-state index contributed by atoms with van der Waals surface area (Å²) in [6.07, 6.45) is 1.29. The Morgan fingerprint density at radius 3 is 2.45 bits per heavy atom. The first-order valence-electron chi connectivity index (χ1n) is 11.9. The molecule has 5 rings (SSSR count). The third-order valence-corrected chi connectivity index (χ3v) is 10.4. The number of hydrogen-bond acceptors (Lipinski definition) is 5. The Kier molecular flexibility index (Phi) is 5.26. The van der Waals surface area contributed by atoms with Crippen molar-refractivity contribution in [2.45, 2.75) is 65.1 Å². The van der Waals surface area contributed by atoms with Crippen LogP contribution in [0.25, 0.3) is 0 Å². The molecule has 4 aliphatic rings. The molecule has 4 saturated carbocycles. The van der Waals surface area contributed by atoms with Crippen molar-refractivity contribution in [1.82, 2.24) is 0 Å². The number of rotatable bonds is 2. The lowest BCUT2D eigenvalue weighted by Crippen LogP contribution is -2.68. The second-order valence-corrected chi connectivity index (χ2v) is 12.6. The Bertz CT molecular complexity index is 1060. The van der Waals surface area contributed by atoms with Gasteiger partial charge < -0.3 is 9.84 Å². The number of aliphatic hydroxyl groups is 1. The number of halogens is 1. The van der Waals surface area contributed by atoms with Gasteiger partial charge in [0.25, 0.3) is 0 Å². The van der Waals surface area contributed by atoms with E-state index in [1.54, 1.807) is 12.1 Å². The van der Waals surface area contributed by atoms with Crippen molar-refractivity contribution >= 4 is 40.1 Å². The first-order chi connectivity index (χ1) is 15.5. The van der Waals surface area contributed by atoms with Crippen LogP contribution >= 0.6 is 22.6 Å². The largest absolute Gasteiger partial charge is 0.457 e. The van der Waals surface area contributed by atoms with Gasteiger partial charge in [-0.3, -0.25) is 9.59 Å². The maximum absolute atomic E-state index is 13.9. The normalized spacial score (nSPS) is 41.4. The fourth-order valence-corrected chi connectivity index (χ4v) is 8.41. The number of benzene rings is 1. The maximum atomic E-state index is 13.9. The van der Waals surface area contributed by atoms with Gasteiger partial charge in [-0.1, -0.05) is 27.4 Å². The molecule has 176 valence electrons. The molecule has 1 spiro atoms. The van der Waals surface area contributed by atoms with E-state index in [0.717, 1.165) is 9.99 Å². The van der Waals surface area contributed by atoms with E-state index in [2.05, 4.69) is 36.1 Å². The molecule has 4 fully saturated rings. The van der Waals surface area contributed by atoms with E-state index in [0.29, 0.717) is 36.8 Å². The molecule has 33 heavy (non-hydrogen) atoms. The molecule has 7 atom stereocenters. The van der Waals surface area contributed by atoms with Crippen LogP contribution in [0.15, 0.2) is 36.4 Å². The topological polar surface area (TPSA) is 80.7 Å². The monoisotopic (exact) mass is 562 g/mol. The number of esters is 1. The molecular formula is C27H31IO5. The number of aliphatic hydroxyl groups excluding tert-OH is 1. The van der Waals surface area contributed by atoms with Crippen LogP contribution in [0.3, 0.4) is 0 Å². The van der Waals surface area contributed by atoms with E-state index in [9.17, 15) is 19.5 Å². The average Bonchev–Trinajstić information content (AvgIpc) is 2.88. The standard InChI is InChI=1S/C27H31IO5/c1-14-17-9-10-18-26(4)12-11-20(29)25(2,3)19(26)13-21(30)27(18,22(14)31)23(17)33-24(32)15-5-7-16(28)8-6-15/h5-8,17-19,21,23,30H,1,9-13H2,2-4H3/t17-,18-,19+,21+,23+,26-,27-/m0/s1. The van der Waals surface area contributed by atoms with Crippen LogP contribution in [0.5, 0.6) is 0 Å². The molecule has 2 bridgehead atoms. The number of hydrogen-bond donors (Lipinski definition) is 1. The fourth-order valence-electron chi connectivity index (χ4n) is 8.05. The summed E-state index contributed by atoms with van der Waals surface area (Å²) < 4.78 is 7.14. The Morgan fingerprint density at radius 1 is 1.12 bits per heavy atom. The smallest absolute Gasteiger partial charge is 0.338 e. The zero-order chi connectivity index (χ0) is 23.9. The molecule has 1 aromatic rings. The first-order valence-corrected chi connectivity index (χ1v) is 12.9. The lowest BCUT2D eigenvalue weighted by molar-refractivity contribution is -0.222. The van der Waals surface area contributed by atoms with Crippen molar-refractivity contribution in [1.29, 1.82) is 0 Å². The zero-order valence-corrected chi connectivity index (χ0v) is 21.6. The molecule has 1 aromatic carbocycles. The van der Waals surface area contributed by atoms with Crippen LogP contribution in [-0.4, -0.2) is 34.9 Å². The molecule has 0 saturated heterocycles. The van der Waals surface area contributed by atoms with Crippen LogP contribution in [0.4, 0.5) is 0 Å². The predicted molar refractivity (Wildman–Crippen MR) is 131 cm³/mol. The van der Waals surface area contributed by atoms with E-state index in [1.807, 2.05) is 26.0 Å². The second-order valence-electron chi connectivity index (χ2n) is 11.3. The molecule has 0 heterocycles. The molecule has 1 N–H and O–H groups in total. The van der Waals surface area contributed by atoms with Gasteiger partial charge >= 0.3 is 5.97 Å². The summed E-state index contributed by atoms with van der Waals surface area (Å²) >= 11 is 2.18. The van der Waals surface area contributed by atoms with Gasteiger partial charge in [-0.05, 0) is 95.4 Å². The summed E-state index contributed by atoms with van der Waals surface area (Å²) in [5.41, 5.74) is -1.12. The van der Waals surface area contributed by atoms with Gasteiger partial charge in [0.1, 0.15) is 11.9 Å². The van der Waals surface area contributed by atoms with Crippen molar-refractivity contribution in [3.05, 3.63) is 45.6 Å². The van der Waals surface area contributed by atoms with E-state index in [1.165, 1.54) is 0 Å². The molecule has 0 aromatic heterocycles. The number of ketones is 2. The van der Waals surface area contributed by atoms with Crippen molar-refractivity contribution < 1.29 is 24.2 Å². The Morgan fingerprint density at radius 2 is 1.79 bits per heavy atom. The SMILES string of the molecule is C=C1C(=O)[C@@]23[C@H](O)C[C@@H]4C(C)(C)C(=O)CC[C@@]4(C)[C@@H]2CC[C@@H]1[C@H]3OC(=O)c1ccc(I)cc1. The van der Waals surface area contributed by atoms with Crippen molar-refractivity contribution in [3.63, 3.8) is 0 Å². The van der Waals surface area contributed by atoms with Crippen molar-refractivity contribution in [2.24, 2.45) is 34.0 Å². The van der Waals surface area contributed by atoms with Gasteiger partial charge in [0.15, 0.2) is 5.78 Å². The summed E-state index contributed by atoms with van der Waals surface area (Å²) in [7, 11) is 0. The second kappa shape index (κ2) is 7.48. The molecule has 6 heteroatoms. The summed E-state index contributed by atoms with van der Waals surface area (Å²) in [6, 6.07) is 7.15. The number of carbonyl (C=O) groups excluding carboxylic acids is 3. The summed E-state index contributed by atoms with van der Waals surface area (Å²) in [5.74, 6) is -0.841. The minimum atomic E-state index is -1.18. The average molecular weight is 562 g/mol. The van der Waals surface area contributed by atoms with Gasteiger partial charge in [-0.15, -0.1) is 0 Å². The van der Waals surface area contributed by atoms with Gasteiger partial charge in [0, 0.05) is 21.3 Å². The predicted octanol–water partition coefficient (Wildman–Crippen LogP) is 4.74. The lowest BCUT2D eigenvalue weighted by atomic mass is 9.39. The van der Waals surface area contributed by atoms with Crippen LogP contribution in [0.2, 0.25) is 0 Å². The van der Waals surface area contributed by atoms with Gasteiger partial charge in [-0.2, -0.15) is 0 Å². The van der Waals surface area contributed by atoms with Crippen LogP contribution in [0.1, 0.15) is 63.2 Å². The highest BCUT2D eigenvalue weighted by Crippen LogP contribution is 2.71. The highest BCUT2D eigenvalue weighted by atomic mass is 127. The number of Topliss-reactive ketones (excluding diaryl/α,β-unsaturated/α-hetero) is 2. The zero-order valence-electron chi connectivity index (χ0n) is 19.4. The minimum Gasteiger partial charge on any atom is -0.457 e. The molecule has 5 nitrogen and oxygen atoms in total. The summed E-state index contributed by atoms with van der Waals surface area (Å²) in [5, 5.41) is 11.7. The summed E-state index contributed by atoms with van der Waals surface area (Å²) in [4.78, 5) is 39.8. The third kappa shape index (κ3) is 2.95. The number of carbonyl (C=O) groups is 3. The molecule has 0 aliphatic heterocycles. The molecule has 0 unspecified atom stereocenters. The molecular weight excluding hydrogens is 531 g/mol. The van der Waals surface area contributed by atoms with Gasteiger partial charge in [0.05, 0.1) is 17.1 Å². The number of ether oxygens (including phenoxy) is 1. The summed E-state index contributed by atoms with van der Waals surface area (Å²) in [6.45, 7) is 10.3. The maximum Gasteiger partial charge on any atom is 0.338 e. The van der Waals surface area contributed by atoms with Gasteiger partial charge in [0.2, 0.25) is 0 Å². The fraction of sp³-hybridized carbons (Fsp3) is 0.593. The highest BCUT2D eigenvalue weighted by Gasteiger charge is 2.75. The van der Waals surface area contributed by atoms with Crippen molar-refractivity contribution in [2.75, 3.05) is 0 Å². The van der Waals surface area contributed by atoms with Gasteiger partial charge in [-0.25, -0.2) is 4.79 Å². The minimum absolute atomic E-state index is 0.0253. The Labute approximate surface area is 208 Å². The molecule has 0 amide bonds. The van der Waals surface area contributed by atoms with E-state index < -0.39 is 29.0 Å². The van der Waals surface area contributed by atoms with Crippen LogP contribution in [-0.2, 0) is 14.3 Å². The van der Waals surface area contributed by atoms with Crippen LogP contribution in [0, 0.1) is 37.6 Å². The van der Waals surface area contributed by atoms with Crippen molar-refractivity contribution in [3.8, 4) is 0 Å². The van der Waals surface area contributed by atoms with Crippen LogP contribution < -0.4 is 0 Å². The van der Waals surface area contributed by atoms with E-state index >= 15 is 0 Å². The number of fused-ring (bicyclic) bond motifs is 3. The molecule has 4 aliphatic carbocycles. The Hall–Kier alpha value is -1.54. The first kappa shape index (κ1) is 23.2. The van der Waals surface area contributed by atoms with E-state index in [4.69, 9.17) is 4.74 Å².